The van der Waals surface area contributed by atoms with Crippen molar-refractivity contribution in [1.29, 1.82) is 0 Å². The highest BCUT2D eigenvalue weighted by atomic mass is 32.2. The van der Waals surface area contributed by atoms with Crippen LogP contribution in [-0.2, 0) is 14.8 Å². The van der Waals surface area contributed by atoms with Gasteiger partial charge in [-0.15, -0.1) is 0 Å². The largest absolute Gasteiger partial charge is 0.497 e. The lowest BCUT2D eigenvalue weighted by molar-refractivity contribution is -0.119. The Hall–Kier alpha value is -2.19. The maximum Gasteiger partial charge on any atom is 0.264 e. The normalized spacial score (nSPS) is 11.7. The molecule has 0 atom stereocenters. The van der Waals surface area contributed by atoms with Crippen LogP contribution in [0.5, 0.6) is 5.75 Å². The monoisotopic (exact) mass is 436 g/mol. The van der Waals surface area contributed by atoms with Gasteiger partial charge in [-0.2, -0.15) is 11.8 Å². The molecule has 2 rings (SSSR count). The minimum absolute atomic E-state index is 0.0956. The fourth-order valence-corrected chi connectivity index (χ4v) is 4.76. The predicted molar refractivity (Wildman–Crippen MR) is 119 cm³/mol. The molecule has 0 aliphatic carbocycles. The number of nitrogens with one attached hydrogen (secondary N) is 1. The number of nitrogens with zero attached hydrogens (tertiary/aromatic N) is 1. The second-order valence-electron chi connectivity index (χ2n) is 7.33. The third-order valence-corrected chi connectivity index (χ3v) is 7.00. The van der Waals surface area contributed by atoms with Gasteiger partial charge in [-0.05, 0) is 36.4 Å². The van der Waals surface area contributed by atoms with Crippen molar-refractivity contribution < 1.29 is 17.9 Å². The molecular weight excluding hydrogens is 408 g/mol. The van der Waals surface area contributed by atoms with Crippen LogP contribution in [0.4, 0.5) is 5.69 Å². The average molecular weight is 437 g/mol. The third kappa shape index (κ3) is 6.97. The maximum absolute atomic E-state index is 13.2. The van der Waals surface area contributed by atoms with Gasteiger partial charge in [0.15, 0.2) is 0 Å². The molecule has 0 spiro atoms. The number of thioether (sulfide) groups is 1. The maximum atomic E-state index is 13.2. The molecule has 1 N–H and O–H groups in total. The minimum atomic E-state index is -3.92. The summed E-state index contributed by atoms with van der Waals surface area (Å²) in [5, 5.41) is 2.81. The van der Waals surface area contributed by atoms with Gasteiger partial charge >= 0.3 is 0 Å². The number of hydrogen-bond donors (Lipinski definition) is 1. The van der Waals surface area contributed by atoms with E-state index in [9.17, 15) is 13.2 Å². The third-order valence-electron chi connectivity index (χ3n) is 3.94. The summed E-state index contributed by atoms with van der Waals surface area (Å²) in [5.74, 6) is 0.968. The molecule has 2 aromatic carbocycles. The van der Waals surface area contributed by atoms with Gasteiger partial charge < -0.3 is 10.1 Å². The number of sulfonamides is 1. The molecule has 0 saturated heterocycles. The van der Waals surface area contributed by atoms with Crippen LogP contribution < -0.4 is 14.4 Å². The highest BCUT2D eigenvalue weighted by molar-refractivity contribution is 8.00. The molecule has 158 valence electrons. The number of para-hydroxylation sites is 1. The van der Waals surface area contributed by atoms with Crippen LogP contribution in [0.2, 0.25) is 0 Å². The Bertz CT molecular complexity index is 893. The van der Waals surface area contributed by atoms with E-state index in [4.69, 9.17) is 4.74 Å². The molecule has 29 heavy (non-hydrogen) atoms. The fourth-order valence-electron chi connectivity index (χ4n) is 2.52. The number of rotatable bonds is 9. The number of hydrogen-bond acceptors (Lipinski definition) is 5. The number of amides is 1. The van der Waals surface area contributed by atoms with Crippen LogP contribution in [-0.4, -0.2) is 45.0 Å². The van der Waals surface area contributed by atoms with Gasteiger partial charge in [0.2, 0.25) is 5.91 Å². The van der Waals surface area contributed by atoms with E-state index in [1.165, 1.54) is 19.2 Å². The van der Waals surface area contributed by atoms with Crippen molar-refractivity contribution in [2.75, 3.05) is 30.3 Å². The van der Waals surface area contributed by atoms with Gasteiger partial charge in [0, 0.05) is 17.0 Å². The Morgan fingerprint density at radius 3 is 2.24 bits per heavy atom. The van der Waals surface area contributed by atoms with E-state index >= 15 is 0 Å². The summed E-state index contributed by atoms with van der Waals surface area (Å²) in [4.78, 5) is 12.6. The van der Waals surface area contributed by atoms with Gasteiger partial charge in [0.05, 0.1) is 17.7 Å². The van der Waals surface area contributed by atoms with Crippen molar-refractivity contribution in [3.63, 3.8) is 0 Å². The quantitative estimate of drug-likeness (QED) is 0.609. The summed E-state index contributed by atoms with van der Waals surface area (Å²) in [7, 11) is -2.40. The van der Waals surface area contributed by atoms with E-state index < -0.39 is 10.0 Å². The van der Waals surface area contributed by atoms with E-state index in [0.29, 0.717) is 18.0 Å². The van der Waals surface area contributed by atoms with Crippen molar-refractivity contribution in [2.45, 2.75) is 30.4 Å². The lowest BCUT2D eigenvalue weighted by atomic mass is 10.3. The van der Waals surface area contributed by atoms with Crippen LogP contribution >= 0.6 is 11.8 Å². The van der Waals surface area contributed by atoms with E-state index in [-0.39, 0.29) is 22.1 Å². The van der Waals surface area contributed by atoms with Crippen LogP contribution in [0, 0.1) is 0 Å². The van der Waals surface area contributed by atoms with Crippen molar-refractivity contribution in [3.05, 3.63) is 54.6 Å². The van der Waals surface area contributed by atoms with Crippen LogP contribution in [0.1, 0.15) is 20.8 Å². The first-order chi connectivity index (χ1) is 13.6. The summed E-state index contributed by atoms with van der Waals surface area (Å²) in [6.45, 7) is 6.51. The summed E-state index contributed by atoms with van der Waals surface area (Å²) in [6.07, 6.45) is 0. The molecule has 0 bridgehead atoms. The molecule has 0 aromatic heterocycles. The molecule has 0 saturated carbocycles. The fraction of sp³-hybridized carbons (Fsp3) is 0.381. The van der Waals surface area contributed by atoms with Crippen molar-refractivity contribution in [3.8, 4) is 5.75 Å². The summed E-state index contributed by atoms with van der Waals surface area (Å²) in [5.41, 5.74) is 0.433. The Labute approximate surface area is 177 Å². The van der Waals surface area contributed by atoms with Gasteiger partial charge in [-0.25, -0.2) is 8.42 Å². The SMILES string of the molecule is COc1ccc(S(=O)(=O)N(CC(=O)NCCSC(C)(C)C)c2ccccc2)cc1. The molecule has 1 amide bonds. The highest BCUT2D eigenvalue weighted by Crippen LogP contribution is 2.25. The average Bonchev–Trinajstić information content (AvgIpc) is 2.69. The summed E-state index contributed by atoms with van der Waals surface area (Å²) < 4.78 is 32.8. The zero-order valence-electron chi connectivity index (χ0n) is 17.2. The smallest absolute Gasteiger partial charge is 0.264 e. The van der Waals surface area contributed by atoms with E-state index in [1.807, 2.05) is 0 Å². The van der Waals surface area contributed by atoms with Gasteiger partial charge in [-0.3, -0.25) is 9.10 Å². The number of methoxy groups -OCH3 is 1. The molecule has 0 unspecified atom stereocenters. The zero-order chi connectivity index (χ0) is 21.5. The number of anilines is 1. The standard InChI is InChI=1S/C21H28N2O4S2/c1-21(2,3)28-15-14-22-20(24)16-23(17-8-6-5-7-9-17)29(25,26)19-12-10-18(27-4)11-13-19/h5-13H,14-16H2,1-4H3,(H,22,24). The Morgan fingerprint density at radius 1 is 1.07 bits per heavy atom. The minimum Gasteiger partial charge on any atom is -0.497 e. The molecule has 8 heteroatoms. The first-order valence-corrected chi connectivity index (χ1v) is 11.7. The number of ether oxygens (including phenoxy) is 1. The van der Waals surface area contributed by atoms with Gasteiger partial charge in [0.25, 0.3) is 10.0 Å². The molecule has 2 aromatic rings. The van der Waals surface area contributed by atoms with Gasteiger partial charge in [-0.1, -0.05) is 39.0 Å². The molecule has 0 heterocycles. The molecule has 0 aliphatic rings. The van der Waals surface area contributed by atoms with Crippen molar-refractivity contribution in [2.24, 2.45) is 0 Å². The topological polar surface area (TPSA) is 75.7 Å². The summed E-state index contributed by atoms with van der Waals surface area (Å²) >= 11 is 1.74. The number of benzene rings is 2. The van der Waals surface area contributed by atoms with Crippen LogP contribution in [0.25, 0.3) is 0 Å². The number of carbonyl (C=O) groups excluding carboxylic acids is 1. The van der Waals surface area contributed by atoms with Crippen molar-refractivity contribution >= 4 is 33.4 Å². The number of carbonyl (C=O) groups is 1. The Balaban J connectivity index is 2.18. The second kappa shape index (κ2) is 10.0. The lowest BCUT2D eigenvalue weighted by Crippen LogP contribution is -2.41. The predicted octanol–water partition coefficient (Wildman–Crippen LogP) is 3.54. The lowest BCUT2D eigenvalue weighted by Gasteiger charge is -2.24. The molecule has 0 radical (unpaired) electrons. The summed E-state index contributed by atoms with van der Waals surface area (Å²) in [6, 6.07) is 14.7. The van der Waals surface area contributed by atoms with Crippen LogP contribution in [0.3, 0.4) is 0 Å². The zero-order valence-corrected chi connectivity index (χ0v) is 18.8. The van der Waals surface area contributed by atoms with E-state index in [1.54, 1.807) is 54.2 Å². The van der Waals surface area contributed by atoms with E-state index in [2.05, 4.69) is 26.1 Å². The van der Waals surface area contributed by atoms with Crippen molar-refractivity contribution in [1.82, 2.24) is 5.32 Å². The Kier molecular flexibility index (Phi) is 7.98. The molecule has 0 aliphatic heterocycles. The van der Waals surface area contributed by atoms with Crippen LogP contribution in [0.15, 0.2) is 59.5 Å². The Morgan fingerprint density at radius 2 is 1.69 bits per heavy atom. The first-order valence-electron chi connectivity index (χ1n) is 9.26. The molecule has 0 fully saturated rings. The molecular formula is C21H28N2O4S2. The van der Waals surface area contributed by atoms with E-state index in [0.717, 1.165) is 10.1 Å². The second-order valence-corrected chi connectivity index (χ2v) is 11.1. The highest BCUT2D eigenvalue weighted by Gasteiger charge is 2.27. The van der Waals surface area contributed by atoms with Gasteiger partial charge in [0.1, 0.15) is 12.3 Å². The molecule has 6 nitrogen and oxygen atoms in total. The first kappa shape index (κ1) is 23.1.